The van der Waals surface area contributed by atoms with Crippen LogP contribution in [0.25, 0.3) is 0 Å². The number of carbonyl (C=O) groups excluding carboxylic acids is 1. The van der Waals surface area contributed by atoms with Gasteiger partial charge in [-0.25, -0.2) is 4.79 Å². The number of hydrogen-bond acceptors (Lipinski definition) is 3. The number of carbonyl (C=O) groups is 2. The largest absolute Gasteiger partial charge is 0.481 e. The Morgan fingerprint density at radius 3 is 2.52 bits per heavy atom. The van der Waals surface area contributed by atoms with Crippen LogP contribution in [0.15, 0.2) is 30.3 Å². The molecule has 0 saturated carbocycles. The van der Waals surface area contributed by atoms with Gasteiger partial charge in [0.1, 0.15) is 0 Å². The number of ether oxygens (including phenoxy) is 1. The molecule has 6 heteroatoms. The van der Waals surface area contributed by atoms with Crippen molar-refractivity contribution in [3.63, 3.8) is 0 Å². The van der Waals surface area contributed by atoms with E-state index < -0.39 is 5.97 Å². The van der Waals surface area contributed by atoms with Gasteiger partial charge in [0.05, 0.1) is 6.42 Å². The van der Waals surface area contributed by atoms with E-state index in [9.17, 15) is 9.59 Å². The molecule has 114 valence electrons. The van der Waals surface area contributed by atoms with E-state index in [1.54, 1.807) is 12.1 Å². The Kier molecular flexibility index (Phi) is 5.57. The van der Waals surface area contributed by atoms with Gasteiger partial charge in [0.15, 0.2) is 0 Å². The fourth-order valence-electron chi connectivity index (χ4n) is 2.26. The highest BCUT2D eigenvalue weighted by molar-refractivity contribution is 5.92. The van der Waals surface area contributed by atoms with Crippen molar-refractivity contribution in [2.45, 2.75) is 25.3 Å². The van der Waals surface area contributed by atoms with E-state index in [2.05, 4.69) is 5.32 Å². The first kappa shape index (κ1) is 15.3. The van der Waals surface area contributed by atoms with Gasteiger partial charge in [-0.2, -0.15) is 0 Å². The summed E-state index contributed by atoms with van der Waals surface area (Å²) in [4.78, 5) is 24.7. The van der Waals surface area contributed by atoms with Crippen LogP contribution in [0, 0.1) is 0 Å². The lowest BCUT2D eigenvalue weighted by molar-refractivity contribution is -0.136. The molecule has 0 spiro atoms. The second kappa shape index (κ2) is 7.64. The highest BCUT2D eigenvalue weighted by atomic mass is 16.5. The van der Waals surface area contributed by atoms with E-state index in [4.69, 9.17) is 9.84 Å². The Hall–Kier alpha value is -2.08. The maximum atomic E-state index is 12.4. The molecule has 1 heterocycles. The maximum absolute atomic E-state index is 12.4. The molecule has 1 saturated heterocycles. The summed E-state index contributed by atoms with van der Waals surface area (Å²) in [6.45, 7) is 1.44. The minimum atomic E-state index is -0.921. The highest BCUT2D eigenvalue weighted by Gasteiger charge is 2.21. The van der Waals surface area contributed by atoms with Crippen LogP contribution in [0.5, 0.6) is 0 Å². The van der Waals surface area contributed by atoms with Gasteiger partial charge in [-0.3, -0.25) is 9.69 Å². The molecule has 1 aromatic carbocycles. The van der Waals surface area contributed by atoms with Crippen LogP contribution >= 0.6 is 0 Å². The van der Waals surface area contributed by atoms with Crippen molar-refractivity contribution in [1.29, 1.82) is 0 Å². The van der Waals surface area contributed by atoms with Gasteiger partial charge in [0.25, 0.3) is 0 Å². The van der Waals surface area contributed by atoms with E-state index in [1.165, 1.54) is 4.90 Å². The molecule has 0 radical (unpaired) electrons. The van der Waals surface area contributed by atoms with Crippen molar-refractivity contribution in [2.24, 2.45) is 0 Å². The predicted octanol–water partition coefficient (Wildman–Crippen LogP) is 1.86. The van der Waals surface area contributed by atoms with Crippen molar-refractivity contribution in [2.75, 3.05) is 24.7 Å². The number of rotatable bonds is 5. The quantitative estimate of drug-likeness (QED) is 0.868. The Balaban J connectivity index is 2.02. The van der Waals surface area contributed by atoms with E-state index in [-0.39, 0.29) is 25.0 Å². The van der Waals surface area contributed by atoms with Crippen molar-refractivity contribution >= 4 is 17.7 Å². The average molecular weight is 292 g/mol. The van der Waals surface area contributed by atoms with Gasteiger partial charge >= 0.3 is 12.0 Å². The monoisotopic (exact) mass is 292 g/mol. The molecule has 2 N–H and O–H groups in total. The molecule has 0 aromatic heterocycles. The zero-order valence-corrected chi connectivity index (χ0v) is 11.8. The SMILES string of the molecule is O=C(O)CCN(C(=O)NC1CCOCC1)c1ccccc1. The van der Waals surface area contributed by atoms with Gasteiger partial charge in [0, 0.05) is 31.5 Å². The van der Waals surface area contributed by atoms with Crippen molar-refractivity contribution in [3.8, 4) is 0 Å². The summed E-state index contributed by atoms with van der Waals surface area (Å²) in [5, 5.41) is 11.8. The van der Waals surface area contributed by atoms with Crippen LogP contribution in [0.3, 0.4) is 0 Å². The third-order valence-corrected chi connectivity index (χ3v) is 3.41. The molecule has 1 aliphatic heterocycles. The molecule has 0 atom stereocenters. The smallest absolute Gasteiger partial charge is 0.322 e. The lowest BCUT2D eigenvalue weighted by Gasteiger charge is -2.28. The number of amides is 2. The second-order valence-electron chi connectivity index (χ2n) is 4.97. The number of nitrogens with one attached hydrogen (secondary N) is 1. The summed E-state index contributed by atoms with van der Waals surface area (Å²) in [6, 6.07) is 8.93. The van der Waals surface area contributed by atoms with Crippen LogP contribution in [0.1, 0.15) is 19.3 Å². The van der Waals surface area contributed by atoms with Gasteiger partial charge in [0.2, 0.25) is 0 Å². The first-order valence-electron chi connectivity index (χ1n) is 7.09. The highest BCUT2D eigenvalue weighted by Crippen LogP contribution is 2.15. The van der Waals surface area contributed by atoms with Crippen LogP contribution in [-0.4, -0.2) is 42.9 Å². The summed E-state index contributed by atoms with van der Waals surface area (Å²) in [5.41, 5.74) is 0.698. The normalized spacial score (nSPS) is 15.4. The third-order valence-electron chi connectivity index (χ3n) is 3.41. The molecule has 1 aromatic rings. The molecule has 1 aliphatic rings. The predicted molar refractivity (Wildman–Crippen MR) is 78.4 cm³/mol. The molecular weight excluding hydrogens is 272 g/mol. The van der Waals surface area contributed by atoms with Gasteiger partial charge in [-0.15, -0.1) is 0 Å². The maximum Gasteiger partial charge on any atom is 0.322 e. The fourth-order valence-corrected chi connectivity index (χ4v) is 2.26. The van der Waals surface area contributed by atoms with Gasteiger partial charge in [-0.1, -0.05) is 18.2 Å². The van der Waals surface area contributed by atoms with Crippen LogP contribution in [-0.2, 0) is 9.53 Å². The Morgan fingerprint density at radius 2 is 1.90 bits per heavy atom. The summed E-state index contributed by atoms with van der Waals surface area (Å²) in [6.07, 6.45) is 1.48. The zero-order valence-electron chi connectivity index (χ0n) is 11.8. The van der Waals surface area contributed by atoms with Crippen molar-refractivity contribution in [3.05, 3.63) is 30.3 Å². The number of anilines is 1. The number of aliphatic carboxylic acids is 1. The lowest BCUT2D eigenvalue weighted by Crippen LogP contribution is -2.47. The van der Waals surface area contributed by atoms with E-state index >= 15 is 0 Å². The van der Waals surface area contributed by atoms with Crippen LogP contribution in [0.4, 0.5) is 10.5 Å². The minimum Gasteiger partial charge on any atom is -0.481 e. The molecule has 0 aliphatic carbocycles. The number of para-hydroxylation sites is 1. The zero-order chi connectivity index (χ0) is 15.1. The number of benzene rings is 1. The van der Waals surface area contributed by atoms with Gasteiger partial charge in [-0.05, 0) is 25.0 Å². The first-order chi connectivity index (χ1) is 10.2. The number of carboxylic acid groups (broad SMARTS) is 1. The van der Waals surface area contributed by atoms with Gasteiger partial charge < -0.3 is 15.2 Å². The molecule has 0 bridgehead atoms. The Labute approximate surface area is 123 Å². The first-order valence-corrected chi connectivity index (χ1v) is 7.09. The van der Waals surface area contributed by atoms with E-state index in [1.807, 2.05) is 18.2 Å². The number of carboxylic acids is 1. The second-order valence-corrected chi connectivity index (χ2v) is 4.97. The molecule has 21 heavy (non-hydrogen) atoms. The molecule has 6 nitrogen and oxygen atoms in total. The van der Waals surface area contributed by atoms with Crippen molar-refractivity contribution < 1.29 is 19.4 Å². The standard InChI is InChI=1S/C15H20N2O4/c18-14(19)6-9-17(13-4-2-1-3-5-13)15(20)16-12-7-10-21-11-8-12/h1-5,12H,6-11H2,(H,16,20)(H,18,19). The molecule has 0 unspecified atom stereocenters. The number of nitrogens with zero attached hydrogens (tertiary/aromatic N) is 1. The molecule has 1 fully saturated rings. The minimum absolute atomic E-state index is 0.0855. The van der Waals surface area contributed by atoms with Crippen LogP contribution < -0.4 is 10.2 Å². The van der Waals surface area contributed by atoms with E-state index in [0.29, 0.717) is 18.9 Å². The fraction of sp³-hybridized carbons (Fsp3) is 0.467. The summed E-state index contributed by atoms with van der Waals surface area (Å²) >= 11 is 0. The average Bonchev–Trinajstić information content (AvgIpc) is 2.49. The third kappa shape index (κ3) is 4.75. The summed E-state index contributed by atoms with van der Waals surface area (Å²) in [5.74, 6) is -0.921. The van der Waals surface area contributed by atoms with Crippen LogP contribution in [0.2, 0.25) is 0 Å². The lowest BCUT2D eigenvalue weighted by atomic mass is 10.1. The van der Waals surface area contributed by atoms with E-state index in [0.717, 1.165) is 12.8 Å². The Bertz CT molecular complexity index is 472. The van der Waals surface area contributed by atoms with Crippen molar-refractivity contribution in [1.82, 2.24) is 5.32 Å². The summed E-state index contributed by atoms with van der Waals surface area (Å²) < 4.78 is 5.26. The molecule has 2 amide bonds. The molecular formula is C15H20N2O4. The molecule has 2 rings (SSSR count). The number of urea groups is 1. The Morgan fingerprint density at radius 1 is 1.24 bits per heavy atom. The topological polar surface area (TPSA) is 78.9 Å². The number of hydrogen-bond donors (Lipinski definition) is 2. The summed E-state index contributed by atoms with van der Waals surface area (Å²) in [7, 11) is 0.